The molecule has 0 aromatic heterocycles. The highest BCUT2D eigenvalue weighted by Gasteiger charge is 2.80. The van der Waals surface area contributed by atoms with Crippen molar-refractivity contribution in [3.63, 3.8) is 0 Å². The molecule has 0 spiro atoms. The molecule has 1 aliphatic carbocycles. The number of rotatable bonds is 11. The number of ether oxygens (including phenoxy) is 2. The number of allylic oxidation sites excluding steroid dienone is 1. The highest BCUT2D eigenvalue weighted by molar-refractivity contribution is 8.29. The molecule has 0 amide bonds. The van der Waals surface area contributed by atoms with Crippen molar-refractivity contribution in [2.75, 3.05) is 7.11 Å². The van der Waals surface area contributed by atoms with E-state index in [4.69, 9.17) is 13.2 Å². The van der Waals surface area contributed by atoms with Gasteiger partial charge >= 0.3 is 0 Å². The lowest BCUT2D eigenvalue weighted by molar-refractivity contribution is -1.91. The van der Waals surface area contributed by atoms with Crippen molar-refractivity contribution >= 4 is 10.3 Å². The minimum Gasteiger partial charge on any atom is -0.390 e. The van der Waals surface area contributed by atoms with Crippen molar-refractivity contribution < 1.29 is 47.6 Å². The zero-order chi connectivity index (χ0) is 29.4. The van der Waals surface area contributed by atoms with Crippen LogP contribution in [0, 0.1) is 15.7 Å². The van der Waals surface area contributed by atoms with Gasteiger partial charge in [-0.25, -0.2) is 0 Å². The van der Waals surface area contributed by atoms with E-state index in [0.717, 1.165) is 5.57 Å². The van der Waals surface area contributed by atoms with E-state index < -0.39 is 48.7 Å². The van der Waals surface area contributed by atoms with Crippen molar-refractivity contribution in [1.82, 2.24) is 0 Å². The van der Waals surface area contributed by atoms with E-state index >= 15 is 0 Å². The summed E-state index contributed by atoms with van der Waals surface area (Å²) in [5.41, 5.74) is 0.148. The Hall–Kier alpha value is -1.50. The zero-order valence-electron chi connectivity index (χ0n) is 23.7. The number of hydrogen-bond acceptors (Lipinski definition) is 8. The maximum atomic E-state index is 13.2. The zero-order valence-corrected chi connectivity index (χ0v) is 25.3. The minimum absolute atomic E-state index is 0.00938. The van der Waals surface area contributed by atoms with E-state index in [2.05, 4.69) is 0 Å². The third-order valence-electron chi connectivity index (χ3n) is 8.78. The molecule has 1 heterocycles. The van der Waals surface area contributed by atoms with Gasteiger partial charge < -0.3 is 19.7 Å². The molecular formula is C30H41ClO8S. The molecule has 2 aliphatic rings. The average molecular weight is 597 g/mol. The monoisotopic (exact) mass is 596 g/mol. The lowest BCUT2D eigenvalue weighted by Gasteiger charge is -2.61. The van der Waals surface area contributed by atoms with E-state index in [1.54, 1.807) is 6.92 Å². The van der Waals surface area contributed by atoms with Crippen LogP contribution in [0.4, 0.5) is 0 Å². The van der Waals surface area contributed by atoms with E-state index in [-0.39, 0.29) is 30.5 Å². The van der Waals surface area contributed by atoms with Crippen LogP contribution < -0.4 is 14.0 Å². The highest BCUT2D eigenvalue weighted by Crippen LogP contribution is 2.77. The minimum atomic E-state index is -4.95. The summed E-state index contributed by atoms with van der Waals surface area (Å²) in [4.78, 5) is -1.93. The van der Waals surface area contributed by atoms with Crippen LogP contribution in [0.15, 0.2) is 72.3 Å². The lowest BCUT2D eigenvalue weighted by atomic mass is 9.61. The Morgan fingerprint density at radius 3 is 2.00 bits per heavy atom. The molecule has 2 aromatic rings. The topological polar surface area (TPSA) is 141 Å². The van der Waals surface area contributed by atoms with Crippen LogP contribution in [0.25, 0.3) is 0 Å². The molecule has 0 radical (unpaired) electrons. The van der Waals surface area contributed by atoms with Crippen LogP contribution in [-0.4, -0.2) is 46.2 Å². The molecule has 8 nitrogen and oxygen atoms in total. The summed E-state index contributed by atoms with van der Waals surface area (Å²) in [6.45, 7) is 7.62. The second kappa shape index (κ2) is 11.6. The molecule has 10 heteroatoms. The first-order chi connectivity index (χ1) is 18.7. The summed E-state index contributed by atoms with van der Waals surface area (Å²) in [6, 6.07) is 18.2. The van der Waals surface area contributed by atoms with Crippen LogP contribution >= 0.6 is 10.3 Å². The first-order valence-electron chi connectivity index (χ1n) is 13.4. The molecule has 6 atom stereocenters. The van der Waals surface area contributed by atoms with E-state index in [1.807, 2.05) is 87.5 Å². The van der Waals surface area contributed by atoms with Crippen LogP contribution in [0.2, 0.25) is 0 Å². The fourth-order valence-electron chi connectivity index (χ4n) is 6.55. The first kappa shape index (κ1) is 31.4. The summed E-state index contributed by atoms with van der Waals surface area (Å²) < 4.78 is 55.5. The second-order valence-electron chi connectivity index (χ2n) is 11.5. The standard InChI is InChI=1S/C30H41ClO8S/c1-22(2)16-17-26-29(4,38-26)28(3)27(37-5)25(32)18-19-30(28,33)40(39-31(34,35)36,20-23-12-8-6-9-13-23)21-24-14-10-7-11-15-24/h6-16,25-27,32-33H,17-21H2,1-5H3. The number of methoxy groups -OCH3 is 1. The van der Waals surface area contributed by atoms with Gasteiger partial charge in [-0.1, -0.05) is 79.2 Å². The van der Waals surface area contributed by atoms with E-state index in [1.165, 1.54) is 7.11 Å². The van der Waals surface area contributed by atoms with Gasteiger partial charge in [0.2, 0.25) is 0 Å². The van der Waals surface area contributed by atoms with Gasteiger partial charge in [-0.15, -0.1) is 0 Å². The van der Waals surface area contributed by atoms with E-state index in [9.17, 15) is 24.2 Å². The van der Waals surface area contributed by atoms with Crippen molar-refractivity contribution in [3.05, 3.63) is 83.4 Å². The van der Waals surface area contributed by atoms with Gasteiger partial charge in [0.15, 0.2) is 0 Å². The highest BCUT2D eigenvalue weighted by atomic mass is 35.7. The number of aliphatic hydroxyl groups is 2. The van der Waals surface area contributed by atoms with Crippen molar-refractivity contribution in [2.45, 2.75) is 87.3 Å². The molecule has 4 rings (SSSR count). The molecule has 222 valence electrons. The normalized spacial score (nSPS) is 32.9. The molecule has 2 aromatic carbocycles. The summed E-state index contributed by atoms with van der Waals surface area (Å²) in [5.74, 6) is -0.0188. The van der Waals surface area contributed by atoms with Crippen molar-refractivity contribution in [3.8, 4) is 0 Å². The average Bonchev–Trinajstić information content (AvgIpc) is 3.57. The Bertz CT molecular complexity index is 1130. The Balaban J connectivity index is 1.97. The molecular weight excluding hydrogens is 556 g/mol. The van der Waals surface area contributed by atoms with Gasteiger partial charge in [-0.2, -0.15) is 14.0 Å². The fraction of sp³-hybridized carbons (Fsp3) is 0.533. The van der Waals surface area contributed by atoms with Gasteiger partial charge in [0.25, 0.3) is 0 Å². The summed E-state index contributed by atoms with van der Waals surface area (Å²) in [6.07, 6.45) is 0.512. The fourth-order valence-corrected chi connectivity index (χ4v) is 12.1. The van der Waals surface area contributed by atoms with Crippen LogP contribution in [0.5, 0.6) is 0 Å². The molecule has 0 bridgehead atoms. The van der Waals surface area contributed by atoms with Crippen molar-refractivity contribution in [1.29, 1.82) is 0 Å². The third-order valence-corrected chi connectivity index (χ3v) is 13.8. The van der Waals surface area contributed by atoms with Crippen LogP contribution in [0.3, 0.4) is 0 Å². The Labute approximate surface area is 240 Å². The molecule has 1 saturated heterocycles. The predicted molar refractivity (Wildman–Crippen MR) is 145 cm³/mol. The summed E-state index contributed by atoms with van der Waals surface area (Å²) in [7, 11) is -6.76. The largest absolute Gasteiger partial charge is 0.390 e. The number of benzene rings is 2. The molecule has 2 N–H and O–H groups in total. The molecule has 2 fully saturated rings. The van der Waals surface area contributed by atoms with Crippen molar-refractivity contribution in [2.24, 2.45) is 5.41 Å². The van der Waals surface area contributed by atoms with Gasteiger partial charge in [0, 0.05) is 18.6 Å². The number of epoxide rings is 1. The van der Waals surface area contributed by atoms with Crippen LogP contribution in [0.1, 0.15) is 58.1 Å². The quantitative estimate of drug-likeness (QED) is 0.298. The number of aliphatic hydroxyl groups excluding tert-OH is 1. The maximum Gasteiger partial charge on any atom is 0.141 e. The first-order valence-corrected chi connectivity index (χ1v) is 16.6. The van der Waals surface area contributed by atoms with Gasteiger partial charge in [-0.3, -0.25) is 0 Å². The van der Waals surface area contributed by atoms with Gasteiger partial charge in [-0.05, 0) is 51.2 Å². The molecule has 40 heavy (non-hydrogen) atoms. The van der Waals surface area contributed by atoms with Gasteiger partial charge in [0.05, 0.1) is 44.3 Å². The predicted octanol–water partition coefficient (Wildman–Crippen LogP) is 2.40. The third kappa shape index (κ3) is 5.74. The Morgan fingerprint density at radius 2 is 1.55 bits per heavy atom. The lowest BCUT2D eigenvalue weighted by Crippen LogP contribution is -2.71. The summed E-state index contributed by atoms with van der Waals surface area (Å²) in [5, 5.41) is 24.4. The Kier molecular flexibility index (Phi) is 9.15. The van der Waals surface area contributed by atoms with E-state index in [0.29, 0.717) is 17.5 Å². The number of hydrogen-bond donors (Lipinski definition) is 2. The van der Waals surface area contributed by atoms with Gasteiger partial charge in [0.1, 0.15) is 14.3 Å². The van der Waals surface area contributed by atoms with Crippen LogP contribution in [-0.2, 0) is 24.7 Å². The second-order valence-corrected chi connectivity index (χ2v) is 15.6. The molecule has 1 aliphatic heterocycles. The SMILES string of the molecule is COC1C(O)CCC(O)(S(Cc2ccccc2)(Cc2ccccc2)O[Cl+3]([O-])([O-])[O-])C1(C)C1(C)OC1CC=C(C)C. The summed E-state index contributed by atoms with van der Waals surface area (Å²) >= 11 is 0. The number of halogens is 1. The smallest absolute Gasteiger partial charge is 0.141 e. The molecule has 6 unspecified atom stereocenters. The Morgan fingerprint density at radius 1 is 1.02 bits per heavy atom. The molecule has 1 saturated carbocycles. The maximum absolute atomic E-state index is 13.2.